The fraction of sp³-hybridized carbons (Fsp3) is 0.200. The van der Waals surface area contributed by atoms with E-state index in [0.29, 0.717) is 4.88 Å². The zero-order valence-corrected chi connectivity index (χ0v) is 13.7. The zero-order chi connectivity index (χ0) is 17.0. The van der Waals surface area contributed by atoms with Gasteiger partial charge in [-0.15, -0.1) is 11.3 Å². The van der Waals surface area contributed by atoms with Crippen LogP contribution in [0.4, 0.5) is 10.1 Å². The highest BCUT2D eigenvalue weighted by Gasteiger charge is 2.26. The molecule has 3 N–H and O–H groups in total. The van der Waals surface area contributed by atoms with Gasteiger partial charge in [0.05, 0.1) is 11.6 Å². The standard InChI is InChI=1S/C15H14ClFN2O3S/c1-15(22,12-3-2-6-23-12)8-18-13(20)14(21)19-9-4-5-11(17)10(16)7-9/h2-7,22H,8H2,1H3,(H,18,20)(H,19,21). The summed E-state index contributed by atoms with van der Waals surface area (Å²) in [4.78, 5) is 24.2. The van der Waals surface area contributed by atoms with Crippen LogP contribution in [0.2, 0.25) is 5.02 Å². The number of rotatable bonds is 4. The van der Waals surface area contributed by atoms with Gasteiger partial charge in [-0.25, -0.2) is 4.39 Å². The summed E-state index contributed by atoms with van der Waals surface area (Å²) in [6, 6.07) is 7.08. The predicted molar refractivity (Wildman–Crippen MR) is 86.9 cm³/mol. The molecule has 1 atom stereocenters. The molecular formula is C15H14ClFN2O3S. The van der Waals surface area contributed by atoms with Crippen LogP contribution in [-0.4, -0.2) is 23.5 Å². The van der Waals surface area contributed by atoms with Gasteiger partial charge in [0.2, 0.25) is 0 Å². The molecule has 0 aliphatic heterocycles. The van der Waals surface area contributed by atoms with Crippen LogP contribution in [0.15, 0.2) is 35.7 Å². The van der Waals surface area contributed by atoms with E-state index in [-0.39, 0.29) is 17.3 Å². The minimum absolute atomic E-state index is 0.121. The van der Waals surface area contributed by atoms with Crippen molar-refractivity contribution in [1.82, 2.24) is 5.32 Å². The highest BCUT2D eigenvalue weighted by atomic mass is 35.5. The number of hydrogen-bond acceptors (Lipinski definition) is 4. The van der Waals surface area contributed by atoms with Crippen LogP contribution in [0.3, 0.4) is 0 Å². The summed E-state index contributed by atoms with van der Waals surface area (Å²) in [5.41, 5.74) is -1.08. The largest absolute Gasteiger partial charge is 0.383 e. The first kappa shape index (κ1) is 17.4. The second-order valence-electron chi connectivity index (χ2n) is 5.02. The van der Waals surface area contributed by atoms with Gasteiger partial charge in [0.15, 0.2) is 0 Å². The lowest BCUT2D eigenvalue weighted by atomic mass is 10.1. The first-order chi connectivity index (χ1) is 10.8. The summed E-state index contributed by atoms with van der Waals surface area (Å²) in [7, 11) is 0. The van der Waals surface area contributed by atoms with Crippen molar-refractivity contribution < 1.29 is 19.1 Å². The van der Waals surface area contributed by atoms with Crippen molar-refractivity contribution in [2.45, 2.75) is 12.5 Å². The molecule has 0 aliphatic rings. The Morgan fingerprint density at radius 1 is 1.35 bits per heavy atom. The monoisotopic (exact) mass is 356 g/mol. The van der Waals surface area contributed by atoms with Crippen molar-refractivity contribution in [3.63, 3.8) is 0 Å². The van der Waals surface area contributed by atoms with Crippen molar-refractivity contribution in [2.24, 2.45) is 0 Å². The Kier molecular flexibility index (Phi) is 5.35. The number of benzene rings is 1. The highest BCUT2D eigenvalue weighted by Crippen LogP contribution is 2.24. The maximum atomic E-state index is 13.0. The molecule has 8 heteroatoms. The minimum atomic E-state index is -1.27. The molecule has 1 aromatic heterocycles. The number of thiophene rings is 1. The van der Waals surface area contributed by atoms with Gasteiger partial charge in [-0.3, -0.25) is 9.59 Å². The molecule has 0 saturated carbocycles. The number of aliphatic hydroxyl groups is 1. The van der Waals surface area contributed by atoms with Crippen molar-refractivity contribution in [1.29, 1.82) is 0 Å². The molecule has 0 saturated heterocycles. The van der Waals surface area contributed by atoms with Crippen molar-refractivity contribution in [3.05, 3.63) is 51.4 Å². The average Bonchev–Trinajstić information content (AvgIpc) is 3.04. The summed E-state index contributed by atoms with van der Waals surface area (Å²) in [6.45, 7) is 1.42. The zero-order valence-electron chi connectivity index (χ0n) is 12.1. The molecule has 2 rings (SSSR count). The molecule has 1 heterocycles. The van der Waals surface area contributed by atoms with Crippen LogP contribution in [0, 0.1) is 5.82 Å². The molecule has 23 heavy (non-hydrogen) atoms. The maximum Gasteiger partial charge on any atom is 0.313 e. The number of amides is 2. The van der Waals surface area contributed by atoms with Crippen LogP contribution in [0.1, 0.15) is 11.8 Å². The van der Waals surface area contributed by atoms with E-state index in [0.717, 1.165) is 6.07 Å². The molecule has 0 fully saturated rings. The first-order valence-electron chi connectivity index (χ1n) is 6.60. The topological polar surface area (TPSA) is 78.4 Å². The number of halogens is 2. The molecule has 0 spiro atoms. The van der Waals surface area contributed by atoms with Gasteiger partial charge < -0.3 is 15.7 Å². The van der Waals surface area contributed by atoms with Gasteiger partial charge in [-0.2, -0.15) is 0 Å². The smallest absolute Gasteiger partial charge is 0.313 e. The maximum absolute atomic E-state index is 13.0. The molecule has 1 aromatic carbocycles. The van der Waals surface area contributed by atoms with E-state index in [1.54, 1.807) is 17.5 Å². The summed E-state index contributed by atoms with van der Waals surface area (Å²) < 4.78 is 13.0. The Labute approximate surface area is 141 Å². The fourth-order valence-corrected chi connectivity index (χ4v) is 2.73. The minimum Gasteiger partial charge on any atom is -0.383 e. The lowest BCUT2D eigenvalue weighted by molar-refractivity contribution is -0.136. The Morgan fingerprint density at radius 3 is 2.70 bits per heavy atom. The Morgan fingerprint density at radius 2 is 2.09 bits per heavy atom. The fourth-order valence-electron chi connectivity index (χ4n) is 1.77. The van der Waals surface area contributed by atoms with Crippen LogP contribution in [0.25, 0.3) is 0 Å². The molecule has 1 unspecified atom stereocenters. The predicted octanol–water partition coefficient (Wildman–Crippen LogP) is 2.50. The van der Waals surface area contributed by atoms with E-state index in [1.165, 1.54) is 30.4 Å². The lowest BCUT2D eigenvalue weighted by Gasteiger charge is -2.22. The molecule has 0 bridgehead atoms. The number of anilines is 1. The first-order valence-corrected chi connectivity index (χ1v) is 7.86. The van der Waals surface area contributed by atoms with Crippen LogP contribution < -0.4 is 10.6 Å². The normalized spacial score (nSPS) is 13.2. The van der Waals surface area contributed by atoms with Gasteiger partial charge in [0.25, 0.3) is 0 Å². The Bertz CT molecular complexity index is 720. The van der Waals surface area contributed by atoms with Gasteiger partial charge in [0.1, 0.15) is 11.4 Å². The van der Waals surface area contributed by atoms with Gasteiger partial charge in [-0.05, 0) is 36.6 Å². The lowest BCUT2D eigenvalue weighted by Crippen LogP contribution is -2.42. The van der Waals surface area contributed by atoms with E-state index < -0.39 is 23.2 Å². The number of carbonyl (C=O) groups is 2. The van der Waals surface area contributed by atoms with Crippen LogP contribution in [0.5, 0.6) is 0 Å². The quantitative estimate of drug-likeness (QED) is 0.736. The molecule has 2 aromatic rings. The third-order valence-corrected chi connectivity index (χ3v) is 4.44. The third kappa shape index (κ3) is 4.51. The summed E-state index contributed by atoms with van der Waals surface area (Å²) >= 11 is 6.94. The molecule has 2 amide bonds. The van der Waals surface area contributed by atoms with E-state index in [1.807, 2.05) is 0 Å². The van der Waals surface area contributed by atoms with Crippen LogP contribution >= 0.6 is 22.9 Å². The van der Waals surface area contributed by atoms with Crippen molar-refractivity contribution in [3.8, 4) is 0 Å². The van der Waals surface area contributed by atoms with Crippen molar-refractivity contribution in [2.75, 3.05) is 11.9 Å². The average molecular weight is 357 g/mol. The van der Waals surface area contributed by atoms with Gasteiger partial charge in [0, 0.05) is 10.6 Å². The number of hydrogen-bond donors (Lipinski definition) is 3. The molecule has 122 valence electrons. The Hall–Kier alpha value is -1.96. The third-order valence-electron chi connectivity index (χ3n) is 3.03. The van der Waals surface area contributed by atoms with E-state index in [9.17, 15) is 19.1 Å². The van der Waals surface area contributed by atoms with E-state index in [2.05, 4.69) is 10.6 Å². The van der Waals surface area contributed by atoms with Gasteiger partial charge >= 0.3 is 11.8 Å². The molecular weight excluding hydrogens is 343 g/mol. The Balaban J connectivity index is 1.92. The molecule has 0 radical (unpaired) electrons. The summed E-state index contributed by atoms with van der Waals surface area (Å²) in [6.07, 6.45) is 0. The van der Waals surface area contributed by atoms with Crippen LogP contribution in [-0.2, 0) is 15.2 Å². The van der Waals surface area contributed by atoms with Gasteiger partial charge in [-0.1, -0.05) is 17.7 Å². The van der Waals surface area contributed by atoms with Crippen molar-refractivity contribution >= 4 is 40.4 Å². The number of carbonyl (C=O) groups excluding carboxylic acids is 2. The molecule has 0 aliphatic carbocycles. The summed E-state index contributed by atoms with van der Waals surface area (Å²) in [5.74, 6) is -2.47. The SMILES string of the molecule is CC(O)(CNC(=O)C(=O)Nc1ccc(F)c(Cl)c1)c1cccs1. The van der Waals surface area contributed by atoms with E-state index in [4.69, 9.17) is 11.6 Å². The molecule has 5 nitrogen and oxygen atoms in total. The summed E-state index contributed by atoms with van der Waals surface area (Å²) in [5, 5.41) is 16.6. The highest BCUT2D eigenvalue weighted by molar-refractivity contribution is 7.10. The second-order valence-corrected chi connectivity index (χ2v) is 6.37. The second kappa shape index (κ2) is 7.08. The van der Waals surface area contributed by atoms with E-state index >= 15 is 0 Å². The number of nitrogens with one attached hydrogen (secondary N) is 2.